The molecule has 1 aromatic carbocycles. The quantitative estimate of drug-likeness (QED) is 0.601. The van der Waals surface area contributed by atoms with E-state index in [0.717, 1.165) is 5.56 Å². The Morgan fingerprint density at radius 3 is 2.58 bits per heavy atom. The molecule has 0 spiro atoms. The third kappa shape index (κ3) is 5.35. The number of nitrogens with one attached hydrogen (secondary N) is 1. The van der Waals surface area contributed by atoms with Crippen molar-refractivity contribution in [1.82, 2.24) is 10.2 Å². The van der Waals surface area contributed by atoms with E-state index in [1.54, 1.807) is 5.41 Å². The summed E-state index contributed by atoms with van der Waals surface area (Å²) in [5.74, 6) is -2.57. The largest absolute Gasteiger partial charge is 0.480 e. The summed E-state index contributed by atoms with van der Waals surface area (Å²) in [5.41, 5.74) is 6.39. The van der Waals surface area contributed by atoms with Crippen molar-refractivity contribution in [3.05, 3.63) is 41.3 Å². The van der Waals surface area contributed by atoms with E-state index in [1.165, 1.54) is 16.7 Å². The van der Waals surface area contributed by atoms with Crippen LogP contribution in [0.25, 0.3) is 5.70 Å². The summed E-state index contributed by atoms with van der Waals surface area (Å²) in [4.78, 5) is 47.9. The number of amides is 3. The molecule has 1 heterocycles. The summed E-state index contributed by atoms with van der Waals surface area (Å²) < 4.78 is 0. The van der Waals surface area contributed by atoms with Gasteiger partial charge in [-0.15, -0.1) is 11.8 Å². The van der Waals surface area contributed by atoms with Crippen LogP contribution in [-0.2, 0) is 19.2 Å². The maximum absolute atomic E-state index is 12.3. The molecule has 2 rings (SSSR count). The van der Waals surface area contributed by atoms with Crippen LogP contribution in [0.1, 0.15) is 18.4 Å². The van der Waals surface area contributed by atoms with Crippen LogP contribution in [0, 0.1) is 0 Å². The Bertz CT molecular complexity index is 735. The normalized spacial score (nSPS) is 15.2. The van der Waals surface area contributed by atoms with Gasteiger partial charge in [-0.2, -0.15) is 0 Å². The number of nitrogens with two attached hydrogens (primary N) is 1. The van der Waals surface area contributed by atoms with E-state index < -0.39 is 23.8 Å². The van der Waals surface area contributed by atoms with Gasteiger partial charge in [-0.1, -0.05) is 30.3 Å². The SMILES string of the molecule is NC(=O)CCC(NC(=O)CN1C(=O)CSC=C1c1ccccc1)C(=O)O. The number of primary amides is 1. The molecule has 0 aromatic heterocycles. The van der Waals surface area contributed by atoms with Crippen LogP contribution in [0.2, 0.25) is 0 Å². The van der Waals surface area contributed by atoms with Crippen molar-refractivity contribution < 1.29 is 24.3 Å². The number of carbonyl (C=O) groups excluding carboxylic acids is 3. The van der Waals surface area contributed by atoms with Gasteiger partial charge in [0.2, 0.25) is 17.7 Å². The molecule has 1 aliphatic rings. The standard InChI is InChI=1S/C17H19N3O5S/c18-14(21)7-6-12(17(24)25)19-15(22)8-20-13(9-26-10-16(20)23)11-4-2-1-3-5-11/h1-5,9,12H,6-8,10H2,(H2,18,21)(H,19,22)(H,24,25). The Hall–Kier alpha value is -2.81. The summed E-state index contributed by atoms with van der Waals surface area (Å²) in [7, 11) is 0. The minimum atomic E-state index is -1.26. The van der Waals surface area contributed by atoms with E-state index in [2.05, 4.69) is 5.32 Å². The number of hydrogen-bond acceptors (Lipinski definition) is 5. The summed E-state index contributed by atoms with van der Waals surface area (Å²) in [6.45, 7) is -0.305. The smallest absolute Gasteiger partial charge is 0.326 e. The minimum absolute atomic E-state index is 0.110. The van der Waals surface area contributed by atoms with Crippen molar-refractivity contribution in [1.29, 1.82) is 0 Å². The zero-order valence-corrected chi connectivity index (χ0v) is 14.7. The van der Waals surface area contributed by atoms with Crippen LogP contribution in [0.4, 0.5) is 0 Å². The molecule has 0 fully saturated rings. The van der Waals surface area contributed by atoms with Crippen molar-refractivity contribution >= 4 is 41.1 Å². The van der Waals surface area contributed by atoms with Crippen LogP contribution in [0.5, 0.6) is 0 Å². The lowest BCUT2D eigenvalue weighted by molar-refractivity contribution is -0.142. The molecule has 1 aliphatic heterocycles. The second-order valence-corrected chi connectivity index (χ2v) is 6.48. The molecule has 138 valence electrons. The predicted molar refractivity (Wildman–Crippen MR) is 96.6 cm³/mol. The monoisotopic (exact) mass is 377 g/mol. The van der Waals surface area contributed by atoms with Gasteiger partial charge in [-0.3, -0.25) is 14.4 Å². The van der Waals surface area contributed by atoms with E-state index in [1.807, 2.05) is 30.3 Å². The first-order valence-corrected chi connectivity index (χ1v) is 8.91. The highest BCUT2D eigenvalue weighted by atomic mass is 32.2. The molecule has 0 radical (unpaired) electrons. The second kappa shape index (κ2) is 9.04. The predicted octanol–water partition coefficient (Wildman–Crippen LogP) is 0.395. The number of carboxylic acid groups (broad SMARTS) is 1. The first-order valence-electron chi connectivity index (χ1n) is 7.86. The highest BCUT2D eigenvalue weighted by Gasteiger charge is 2.27. The lowest BCUT2D eigenvalue weighted by Crippen LogP contribution is -2.47. The first kappa shape index (κ1) is 19.5. The topological polar surface area (TPSA) is 130 Å². The van der Waals surface area contributed by atoms with Gasteiger partial charge in [0.05, 0.1) is 11.4 Å². The van der Waals surface area contributed by atoms with Gasteiger partial charge in [0.1, 0.15) is 12.6 Å². The van der Waals surface area contributed by atoms with E-state index >= 15 is 0 Å². The minimum Gasteiger partial charge on any atom is -0.480 e. The van der Waals surface area contributed by atoms with Crippen molar-refractivity contribution in [2.75, 3.05) is 12.3 Å². The number of benzene rings is 1. The molecular weight excluding hydrogens is 358 g/mol. The highest BCUT2D eigenvalue weighted by molar-refractivity contribution is 8.03. The number of hydrogen-bond donors (Lipinski definition) is 3. The van der Waals surface area contributed by atoms with E-state index in [4.69, 9.17) is 10.8 Å². The van der Waals surface area contributed by atoms with Crippen LogP contribution < -0.4 is 11.1 Å². The molecule has 0 bridgehead atoms. The van der Waals surface area contributed by atoms with Crippen LogP contribution >= 0.6 is 11.8 Å². The van der Waals surface area contributed by atoms with Crippen molar-refractivity contribution in [3.63, 3.8) is 0 Å². The van der Waals surface area contributed by atoms with Crippen molar-refractivity contribution in [2.24, 2.45) is 5.73 Å². The Labute approximate surface area is 154 Å². The third-order valence-electron chi connectivity index (χ3n) is 3.68. The molecule has 0 aliphatic carbocycles. The van der Waals surface area contributed by atoms with E-state index in [0.29, 0.717) is 5.70 Å². The van der Waals surface area contributed by atoms with E-state index in [-0.39, 0.29) is 31.0 Å². The third-order valence-corrected chi connectivity index (χ3v) is 4.48. The van der Waals surface area contributed by atoms with Gasteiger partial charge >= 0.3 is 5.97 Å². The lowest BCUT2D eigenvalue weighted by atomic mass is 10.1. The second-order valence-electron chi connectivity index (χ2n) is 5.62. The first-order chi connectivity index (χ1) is 12.4. The summed E-state index contributed by atoms with van der Waals surface area (Å²) in [6.07, 6.45) is -0.271. The molecule has 1 aromatic rings. The van der Waals surface area contributed by atoms with Crippen LogP contribution in [-0.4, -0.2) is 52.0 Å². The molecule has 8 nitrogen and oxygen atoms in total. The average Bonchev–Trinajstić information content (AvgIpc) is 2.60. The summed E-state index contributed by atoms with van der Waals surface area (Å²) >= 11 is 1.34. The number of thioether (sulfide) groups is 1. The summed E-state index contributed by atoms with van der Waals surface area (Å²) in [6, 6.07) is 7.89. The van der Waals surface area contributed by atoms with Gasteiger partial charge in [-0.25, -0.2) is 4.79 Å². The van der Waals surface area contributed by atoms with Gasteiger partial charge in [-0.05, 0) is 17.4 Å². The fourth-order valence-corrected chi connectivity index (χ4v) is 3.20. The zero-order chi connectivity index (χ0) is 19.1. The maximum Gasteiger partial charge on any atom is 0.326 e. The average molecular weight is 377 g/mol. The van der Waals surface area contributed by atoms with Gasteiger partial charge in [0.25, 0.3) is 0 Å². The molecule has 0 saturated heterocycles. The fourth-order valence-electron chi connectivity index (χ4n) is 2.40. The number of aliphatic carboxylic acids is 1. The molecular formula is C17H19N3O5S. The van der Waals surface area contributed by atoms with Crippen LogP contribution in [0.15, 0.2) is 35.7 Å². The maximum atomic E-state index is 12.3. The molecule has 9 heteroatoms. The van der Waals surface area contributed by atoms with Crippen LogP contribution in [0.3, 0.4) is 0 Å². The van der Waals surface area contributed by atoms with Gasteiger partial charge in [0.15, 0.2) is 0 Å². The number of rotatable bonds is 8. The van der Waals surface area contributed by atoms with Crippen molar-refractivity contribution in [3.8, 4) is 0 Å². The Balaban J connectivity index is 2.08. The molecule has 1 unspecified atom stereocenters. The number of carboxylic acids is 1. The lowest BCUT2D eigenvalue weighted by Gasteiger charge is -2.28. The Kier molecular flexibility index (Phi) is 6.79. The van der Waals surface area contributed by atoms with Gasteiger partial charge in [0, 0.05) is 6.42 Å². The van der Waals surface area contributed by atoms with E-state index in [9.17, 15) is 19.2 Å². The highest BCUT2D eigenvalue weighted by Crippen LogP contribution is 2.27. The molecule has 4 N–H and O–H groups in total. The molecule has 1 atom stereocenters. The fraction of sp³-hybridized carbons (Fsp3) is 0.294. The number of carbonyl (C=O) groups is 4. The Morgan fingerprint density at radius 1 is 1.27 bits per heavy atom. The number of nitrogens with zero attached hydrogens (tertiary/aromatic N) is 1. The van der Waals surface area contributed by atoms with Gasteiger partial charge < -0.3 is 21.1 Å². The summed E-state index contributed by atoms with van der Waals surface area (Å²) in [5, 5.41) is 13.3. The molecule has 26 heavy (non-hydrogen) atoms. The van der Waals surface area contributed by atoms with Crippen molar-refractivity contribution in [2.45, 2.75) is 18.9 Å². The Morgan fingerprint density at radius 2 is 1.96 bits per heavy atom. The molecule has 3 amide bonds. The molecule has 0 saturated carbocycles. The zero-order valence-electron chi connectivity index (χ0n) is 13.9.